The van der Waals surface area contributed by atoms with Gasteiger partial charge in [0.05, 0.1) is 30.9 Å². The van der Waals surface area contributed by atoms with Crippen LogP contribution >= 0.6 is 0 Å². The summed E-state index contributed by atoms with van der Waals surface area (Å²) in [6.45, 7) is 5.94. The fraction of sp³-hybridized carbons (Fsp3) is 0.357. The number of nitrogens with zero attached hydrogens (tertiary/aromatic N) is 2. The van der Waals surface area contributed by atoms with Gasteiger partial charge in [-0.25, -0.2) is 19.6 Å². The maximum absolute atomic E-state index is 12.8. The molecule has 0 spiro atoms. The van der Waals surface area contributed by atoms with Crippen LogP contribution in [0.5, 0.6) is 0 Å². The van der Waals surface area contributed by atoms with Crippen molar-refractivity contribution >= 4 is 40.7 Å². The van der Waals surface area contributed by atoms with Crippen molar-refractivity contribution in [1.82, 2.24) is 15.3 Å². The van der Waals surface area contributed by atoms with Crippen molar-refractivity contribution in [3.8, 4) is 0 Å². The predicted octanol–water partition coefficient (Wildman–Crippen LogP) is 3.42. The Morgan fingerprint density at radius 3 is 2.10 bits per heavy atom. The van der Waals surface area contributed by atoms with Crippen molar-refractivity contribution in [2.24, 2.45) is 0 Å². The van der Waals surface area contributed by atoms with Gasteiger partial charge in [-0.2, -0.15) is 0 Å². The zero-order chi connectivity index (χ0) is 28.2. The molecular weight excluding hydrogens is 504 g/mol. The third-order valence-electron chi connectivity index (χ3n) is 5.53. The quantitative estimate of drug-likeness (QED) is 0.246. The highest BCUT2D eigenvalue weighted by Gasteiger charge is 2.24. The number of aromatic nitrogens is 2. The van der Waals surface area contributed by atoms with E-state index >= 15 is 0 Å². The van der Waals surface area contributed by atoms with Crippen molar-refractivity contribution < 1.29 is 33.4 Å². The first kappa shape index (κ1) is 29.0. The smallest absolute Gasteiger partial charge is 0.360 e. The monoisotopic (exact) mass is 536 g/mol. The molecule has 0 radical (unpaired) electrons. The number of hydrogen-bond donors (Lipinski definition) is 2. The van der Waals surface area contributed by atoms with Crippen LogP contribution < -0.4 is 10.6 Å². The number of benzene rings is 2. The minimum absolute atomic E-state index is 0.0341. The van der Waals surface area contributed by atoms with E-state index in [1.165, 1.54) is 0 Å². The maximum Gasteiger partial charge on any atom is 0.360 e. The number of nitrogens with one attached hydrogen (secondary N) is 2. The summed E-state index contributed by atoms with van der Waals surface area (Å²) in [5, 5.41) is 5.76. The van der Waals surface area contributed by atoms with Crippen molar-refractivity contribution in [3.05, 3.63) is 65.4 Å². The molecule has 0 fully saturated rings. The van der Waals surface area contributed by atoms with E-state index in [-0.39, 0.29) is 44.2 Å². The van der Waals surface area contributed by atoms with Gasteiger partial charge in [0.2, 0.25) is 0 Å². The van der Waals surface area contributed by atoms with Crippen molar-refractivity contribution in [3.63, 3.8) is 0 Å². The van der Waals surface area contributed by atoms with E-state index in [9.17, 15) is 19.2 Å². The topological polar surface area (TPSA) is 146 Å². The summed E-state index contributed by atoms with van der Waals surface area (Å²) < 4.78 is 15.1. The SMILES string of the molecule is CCOC(=O)CC[C@H](NC(=O)c1ccc(CNc2nc3ccccc3nc2C(=O)OCC)cc1)C(=O)OCC. The van der Waals surface area contributed by atoms with Crippen molar-refractivity contribution in [2.45, 2.75) is 46.2 Å². The summed E-state index contributed by atoms with van der Waals surface area (Å²) in [6, 6.07) is 12.9. The van der Waals surface area contributed by atoms with Crippen LogP contribution in [0.4, 0.5) is 5.82 Å². The van der Waals surface area contributed by atoms with E-state index < -0.39 is 29.9 Å². The minimum Gasteiger partial charge on any atom is -0.466 e. The molecule has 1 atom stereocenters. The Hall–Kier alpha value is -4.54. The van der Waals surface area contributed by atoms with Gasteiger partial charge in [0.15, 0.2) is 11.5 Å². The van der Waals surface area contributed by atoms with E-state index in [1.54, 1.807) is 57.2 Å². The zero-order valence-electron chi connectivity index (χ0n) is 22.2. The number of ether oxygens (including phenoxy) is 3. The number of amides is 1. The molecule has 3 aromatic rings. The highest BCUT2D eigenvalue weighted by atomic mass is 16.5. The van der Waals surface area contributed by atoms with Gasteiger partial charge in [-0.05, 0) is 57.0 Å². The molecule has 0 aliphatic carbocycles. The van der Waals surface area contributed by atoms with Crippen LogP contribution in [0.15, 0.2) is 48.5 Å². The minimum atomic E-state index is -0.990. The molecule has 1 heterocycles. The number of esters is 3. The van der Waals surface area contributed by atoms with Gasteiger partial charge in [-0.3, -0.25) is 9.59 Å². The number of rotatable bonds is 13. The lowest BCUT2D eigenvalue weighted by atomic mass is 10.1. The average Bonchev–Trinajstić information content (AvgIpc) is 2.94. The van der Waals surface area contributed by atoms with Crippen LogP contribution in [-0.4, -0.2) is 59.6 Å². The third kappa shape index (κ3) is 8.22. The van der Waals surface area contributed by atoms with E-state index in [0.717, 1.165) is 5.56 Å². The molecule has 0 unspecified atom stereocenters. The second-order valence-electron chi connectivity index (χ2n) is 8.30. The van der Waals surface area contributed by atoms with Gasteiger partial charge in [0.25, 0.3) is 5.91 Å². The number of fused-ring (bicyclic) bond motifs is 1. The number of anilines is 1. The van der Waals surface area contributed by atoms with Gasteiger partial charge in [0.1, 0.15) is 6.04 Å². The number of carbonyl (C=O) groups is 4. The number of carbonyl (C=O) groups excluding carboxylic acids is 4. The molecule has 39 heavy (non-hydrogen) atoms. The Morgan fingerprint density at radius 2 is 1.46 bits per heavy atom. The first-order valence-electron chi connectivity index (χ1n) is 12.8. The molecular formula is C28H32N4O7. The van der Waals surface area contributed by atoms with Gasteiger partial charge in [-0.15, -0.1) is 0 Å². The standard InChI is InChI=1S/C28H32N4O7/c1-4-37-23(33)16-15-22(27(35)38-5-2)32-26(34)19-13-11-18(12-14-19)17-29-25-24(28(36)39-6-3)30-20-9-7-8-10-21(20)31-25/h7-14,22H,4-6,15-17H2,1-3H3,(H,29,31)(H,32,34)/t22-/m0/s1. The Balaban J connectivity index is 1.68. The summed E-state index contributed by atoms with van der Waals surface area (Å²) in [6.07, 6.45) is 0.0225. The lowest BCUT2D eigenvalue weighted by molar-refractivity contribution is -0.146. The molecule has 2 aromatic carbocycles. The molecule has 0 bridgehead atoms. The Morgan fingerprint density at radius 1 is 0.821 bits per heavy atom. The maximum atomic E-state index is 12.8. The van der Waals surface area contributed by atoms with Crippen LogP contribution in [0, 0.1) is 0 Å². The summed E-state index contributed by atoms with van der Waals surface area (Å²) in [5.41, 5.74) is 2.41. The normalized spacial score (nSPS) is 11.4. The first-order chi connectivity index (χ1) is 18.9. The number of para-hydroxylation sites is 2. The Bertz CT molecular complexity index is 1310. The molecule has 0 aliphatic heterocycles. The molecule has 2 N–H and O–H groups in total. The van der Waals surface area contributed by atoms with Crippen molar-refractivity contribution in [1.29, 1.82) is 0 Å². The molecule has 11 heteroatoms. The molecule has 1 amide bonds. The second kappa shape index (κ2) is 14.4. The fourth-order valence-electron chi connectivity index (χ4n) is 3.65. The van der Waals surface area contributed by atoms with Gasteiger partial charge in [-0.1, -0.05) is 24.3 Å². The van der Waals surface area contributed by atoms with Gasteiger partial charge >= 0.3 is 17.9 Å². The van der Waals surface area contributed by atoms with E-state index in [1.807, 2.05) is 12.1 Å². The Kier molecular flexibility index (Phi) is 10.7. The second-order valence-corrected chi connectivity index (χ2v) is 8.30. The molecule has 3 rings (SSSR count). The molecule has 206 valence electrons. The Labute approximate surface area is 226 Å². The van der Waals surface area contributed by atoms with Crippen molar-refractivity contribution in [2.75, 3.05) is 25.1 Å². The average molecular weight is 537 g/mol. The molecule has 11 nitrogen and oxygen atoms in total. The van der Waals surface area contributed by atoms with Crippen LogP contribution in [0.25, 0.3) is 11.0 Å². The van der Waals surface area contributed by atoms with E-state index in [0.29, 0.717) is 23.1 Å². The van der Waals surface area contributed by atoms with Crippen LogP contribution in [0.1, 0.15) is 60.0 Å². The summed E-state index contributed by atoms with van der Waals surface area (Å²) >= 11 is 0. The third-order valence-corrected chi connectivity index (χ3v) is 5.53. The van der Waals surface area contributed by atoms with Crippen LogP contribution in [-0.2, 0) is 30.3 Å². The lowest BCUT2D eigenvalue weighted by Crippen LogP contribution is -2.42. The number of hydrogen-bond acceptors (Lipinski definition) is 10. The molecule has 0 saturated carbocycles. The lowest BCUT2D eigenvalue weighted by Gasteiger charge is -2.17. The summed E-state index contributed by atoms with van der Waals surface area (Å²) in [7, 11) is 0. The summed E-state index contributed by atoms with van der Waals surface area (Å²) in [5.74, 6) is -1.86. The molecule has 1 aromatic heterocycles. The fourth-order valence-corrected chi connectivity index (χ4v) is 3.65. The highest BCUT2D eigenvalue weighted by Crippen LogP contribution is 2.19. The zero-order valence-corrected chi connectivity index (χ0v) is 22.2. The van der Waals surface area contributed by atoms with Gasteiger partial charge < -0.3 is 24.8 Å². The van der Waals surface area contributed by atoms with E-state index in [4.69, 9.17) is 14.2 Å². The predicted molar refractivity (Wildman–Crippen MR) is 143 cm³/mol. The molecule has 0 saturated heterocycles. The summed E-state index contributed by atoms with van der Waals surface area (Å²) in [4.78, 5) is 58.2. The molecule has 0 aliphatic rings. The highest BCUT2D eigenvalue weighted by molar-refractivity contribution is 5.97. The van der Waals surface area contributed by atoms with E-state index in [2.05, 4.69) is 20.6 Å². The van der Waals surface area contributed by atoms with Crippen LogP contribution in [0.3, 0.4) is 0 Å². The van der Waals surface area contributed by atoms with Crippen LogP contribution in [0.2, 0.25) is 0 Å². The largest absolute Gasteiger partial charge is 0.466 e. The van der Waals surface area contributed by atoms with Gasteiger partial charge in [0, 0.05) is 18.5 Å². The first-order valence-corrected chi connectivity index (χ1v) is 12.8.